The Labute approximate surface area is 201 Å². The van der Waals surface area contributed by atoms with Gasteiger partial charge in [0.25, 0.3) is 5.91 Å². The van der Waals surface area contributed by atoms with E-state index in [-0.39, 0.29) is 29.5 Å². The summed E-state index contributed by atoms with van der Waals surface area (Å²) in [5.41, 5.74) is 1.19. The molecule has 6 nitrogen and oxygen atoms in total. The van der Waals surface area contributed by atoms with Crippen LogP contribution in [0.15, 0.2) is 53.0 Å². The van der Waals surface area contributed by atoms with Crippen molar-refractivity contribution in [3.05, 3.63) is 74.8 Å². The Kier molecular flexibility index (Phi) is 6.58. The Bertz CT molecular complexity index is 1150. The lowest BCUT2D eigenvalue weighted by atomic mass is 9.97. The summed E-state index contributed by atoms with van der Waals surface area (Å²) in [7, 11) is 1.54. The Hall–Kier alpha value is -2.72. The van der Waals surface area contributed by atoms with Crippen molar-refractivity contribution >= 4 is 39.3 Å². The number of hydrogen-bond acceptors (Lipinski definition) is 4. The number of aromatic nitrogens is 2. The molecule has 4 rings (SSSR count). The first-order valence-corrected chi connectivity index (χ1v) is 11.1. The molecule has 2 atom stereocenters. The van der Waals surface area contributed by atoms with Crippen molar-refractivity contribution in [2.75, 3.05) is 12.4 Å². The second-order valence-corrected chi connectivity index (χ2v) is 8.82. The van der Waals surface area contributed by atoms with Crippen LogP contribution in [0.4, 0.5) is 19.0 Å². The van der Waals surface area contributed by atoms with Crippen molar-refractivity contribution in [2.45, 2.75) is 31.2 Å². The van der Waals surface area contributed by atoms with E-state index >= 15 is 0 Å². The van der Waals surface area contributed by atoms with Gasteiger partial charge >= 0.3 is 6.18 Å². The van der Waals surface area contributed by atoms with E-state index in [9.17, 15) is 18.0 Å². The lowest BCUT2D eigenvalue weighted by molar-refractivity contribution is -0.173. The lowest BCUT2D eigenvalue weighted by Crippen LogP contribution is -2.35. The molecule has 2 heterocycles. The molecule has 0 aliphatic carbocycles. The van der Waals surface area contributed by atoms with Crippen LogP contribution in [0.25, 0.3) is 0 Å². The van der Waals surface area contributed by atoms with E-state index in [4.69, 9.17) is 16.3 Å². The SMILES string of the molecule is COc1ccc(CNC(=O)c2nn3c(c2Cl)N[C@@H](c2ccc(Br)cc2)C[C@@H]3C(F)(F)F)cc1. The van der Waals surface area contributed by atoms with Gasteiger partial charge in [0.2, 0.25) is 0 Å². The Morgan fingerprint density at radius 3 is 2.52 bits per heavy atom. The monoisotopic (exact) mass is 542 g/mol. The molecule has 3 aromatic rings. The summed E-state index contributed by atoms with van der Waals surface area (Å²) in [6.07, 6.45) is -4.86. The van der Waals surface area contributed by atoms with Gasteiger partial charge in [-0.05, 0) is 35.4 Å². The van der Waals surface area contributed by atoms with E-state index in [0.717, 1.165) is 14.7 Å². The predicted octanol–water partition coefficient (Wildman–Crippen LogP) is 5.90. The normalized spacial score (nSPS) is 17.8. The van der Waals surface area contributed by atoms with Crippen molar-refractivity contribution < 1.29 is 22.7 Å². The number of methoxy groups -OCH3 is 1. The van der Waals surface area contributed by atoms with Gasteiger partial charge in [-0.15, -0.1) is 0 Å². The van der Waals surface area contributed by atoms with Gasteiger partial charge in [-0.25, -0.2) is 4.68 Å². The highest BCUT2D eigenvalue weighted by Crippen LogP contribution is 2.46. The van der Waals surface area contributed by atoms with Gasteiger partial charge in [-0.2, -0.15) is 18.3 Å². The van der Waals surface area contributed by atoms with Gasteiger partial charge in [-0.3, -0.25) is 4.79 Å². The zero-order valence-electron chi connectivity index (χ0n) is 17.3. The van der Waals surface area contributed by atoms with Crippen LogP contribution < -0.4 is 15.4 Å². The summed E-state index contributed by atoms with van der Waals surface area (Å²) in [5.74, 6) is -0.0344. The summed E-state index contributed by atoms with van der Waals surface area (Å²) in [6.45, 7) is 0.152. The Morgan fingerprint density at radius 1 is 1.24 bits per heavy atom. The summed E-state index contributed by atoms with van der Waals surface area (Å²) < 4.78 is 48.4. The van der Waals surface area contributed by atoms with Crippen LogP contribution in [-0.4, -0.2) is 29.0 Å². The molecule has 33 heavy (non-hydrogen) atoms. The molecule has 0 bridgehead atoms. The van der Waals surface area contributed by atoms with E-state index in [1.54, 1.807) is 55.6 Å². The van der Waals surface area contributed by atoms with E-state index in [1.807, 2.05) is 0 Å². The summed E-state index contributed by atoms with van der Waals surface area (Å²) >= 11 is 9.68. The molecule has 2 aromatic carbocycles. The number of halogens is 5. The number of carbonyl (C=O) groups excluding carboxylic acids is 1. The average molecular weight is 544 g/mol. The zero-order chi connectivity index (χ0) is 23.8. The van der Waals surface area contributed by atoms with E-state index in [0.29, 0.717) is 11.3 Å². The maximum Gasteiger partial charge on any atom is 0.410 e. The molecule has 0 saturated carbocycles. The number of alkyl halides is 3. The molecule has 0 fully saturated rings. The number of anilines is 1. The predicted molar refractivity (Wildman–Crippen MR) is 122 cm³/mol. The van der Waals surface area contributed by atoms with Crippen LogP contribution in [0, 0.1) is 0 Å². The minimum absolute atomic E-state index is 0.0345. The third-order valence-corrected chi connectivity index (χ3v) is 6.28. The molecule has 1 aliphatic rings. The summed E-state index contributed by atoms with van der Waals surface area (Å²) in [4.78, 5) is 12.7. The summed E-state index contributed by atoms with van der Waals surface area (Å²) in [6, 6.07) is 11.4. The number of fused-ring (bicyclic) bond motifs is 1. The van der Waals surface area contributed by atoms with Crippen LogP contribution in [0.1, 0.15) is 40.1 Å². The fraction of sp³-hybridized carbons (Fsp3) is 0.273. The smallest absolute Gasteiger partial charge is 0.410 e. The molecule has 11 heteroatoms. The number of nitrogens with zero attached hydrogens (tertiary/aromatic N) is 2. The first-order chi connectivity index (χ1) is 15.7. The van der Waals surface area contributed by atoms with Crippen molar-refractivity contribution in [2.24, 2.45) is 0 Å². The maximum atomic E-state index is 13.9. The van der Waals surface area contributed by atoms with Gasteiger partial charge in [0.1, 0.15) is 16.6 Å². The molecule has 174 valence electrons. The standard InChI is InChI=1S/C22H19BrClF3N4O2/c1-33-15-8-2-12(3-9-15)11-28-21(32)19-18(24)20-29-16(13-4-6-14(23)7-5-13)10-17(22(25,26)27)31(20)30-19/h2-9,16-17,29H,10-11H2,1H3,(H,28,32)/t16-,17-/m1/s1. The van der Waals surface area contributed by atoms with Gasteiger partial charge in [0, 0.05) is 17.4 Å². The van der Waals surface area contributed by atoms with Gasteiger partial charge in [0.05, 0.1) is 13.2 Å². The lowest BCUT2D eigenvalue weighted by Gasteiger charge is -2.33. The molecular formula is C22H19BrClF3N4O2. The molecule has 0 radical (unpaired) electrons. The highest BCUT2D eigenvalue weighted by Gasteiger charge is 2.47. The summed E-state index contributed by atoms with van der Waals surface area (Å²) in [5, 5.41) is 9.46. The number of ether oxygens (including phenoxy) is 1. The molecular weight excluding hydrogens is 525 g/mol. The third-order valence-electron chi connectivity index (χ3n) is 5.40. The van der Waals surface area contributed by atoms with Gasteiger partial charge in [-0.1, -0.05) is 51.8 Å². The third kappa shape index (κ3) is 4.96. The topological polar surface area (TPSA) is 68.2 Å². The van der Waals surface area contributed by atoms with Crippen LogP contribution in [-0.2, 0) is 6.54 Å². The highest BCUT2D eigenvalue weighted by molar-refractivity contribution is 9.10. The molecule has 1 aliphatic heterocycles. The van der Waals surface area contributed by atoms with E-state index in [1.165, 1.54) is 0 Å². The second-order valence-electron chi connectivity index (χ2n) is 7.53. The van der Waals surface area contributed by atoms with Crippen molar-refractivity contribution in [1.82, 2.24) is 15.1 Å². The zero-order valence-corrected chi connectivity index (χ0v) is 19.6. The number of hydrogen-bond donors (Lipinski definition) is 2. The van der Waals surface area contributed by atoms with Crippen LogP contribution >= 0.6 is 27.5 Å². The molecule has 2 N–H and O–H groups in total. The molecule has 1 amide bonds. The van der Waals surface area contributed by atoms with Gasteiger partial charge < -0.3 is 15.4 Å². The fourth-order valence-electron chi connectivity index (χ4n) is 3.66. The highest BCUT2D eigenvalue weighted by atomic mass is 79.9. The van der Waals surface area contributed by atoms with Crippen molar-refractivity contribution in [1.29, 1.82) is 0 Å². The Morgan fingerprint density at radius 2 is 1.91 bits per heavy atom. The van der Waals surface area contributed by atoms with Gasteiger partial charge in [0.15, 0.2) is 11.7 Å². The first-order valence-electron chi connectivity index (χ1n) is 9.95. The Balaban J connectivity index is 1.59. The minimum atomic E-state index is -4.57. The van der Waals surface area contributed by atoms with Crippen molar-refractivity contribution in [3.8, 4) is 5.75 Å². The largest absolute Gasteiger partial charge is 0.497 e. The second kappa shape index (κ2) is 9.26. The minimum Gasteiger partial charge on any atom is -0.497 e. The van der Waals surface area contributed by atoms with Crippen LogP contribution in [0.2, 0.25) is 5.02 Å². The number of nitrogens with one attached hydrogen (secondary N) is 2. The number of amides is 1. The maximum absolute atomic E-state index is 13.9. The fourth-order valence-corrected chi connectivity index (χ4v) is 4.19. The number of benzene rings is 2. The van der Waals surface area contributed by atoms with Crippen LogP contribution in [0.3, 0.4) is 0 Å². The van der Waals surface area contributed by atoms with Crippen LogP contribution in [0.5, 0.6) is 5.75 Å². The number of carbonyl (C=O) groups is 1. The molecule has 0 unspecified atom stereocenters. The molecule has 0 spiro atoms. The quantitative estimate of drug-likeness (QED) is 0.421. The first kappa shape index (κ1) is 23.4. The molecule has 1 aromatic heterocycles. The molecule has 0 saturated heterocycles. The van der Waals surface area contributed by atoms with E-state index in [2.05, 4.69) is 31.7 Å². The number of rotatable bonds is 5. The average Bonchev–Trinajstić information content (AvgIpc) is 3.13. The van der Waals surface area contributed by atoms with Crippen molar-refractivity contribution in [3.63, 3.8) is 0 Å². The van der Waals surface area contributed by atoms with E-state index < -0.39 is 24.2 Å².